The Morgan fingerprint density at radius 1 is 1.14 bits per heavy atom. The van der Waals surface area contributed by atoms with Gasteiger partial charge >= 0.3 is 19.5 Å². The molecule has 2 saturated heterocycles. The lowest BCUT2D eigenvalue weighted by molar-refractivity contribution is -0.158. The van der Waals surface area contributed by atoms with Crippen molar-refractivity contribution in [3.63, 3.8) is 0 Å². The molecule has 2 heterocycles. The second-order valence-corrected chi connectivity index (χ2v) is 11.1. The Bertz CT molecular complexity index is 927. The molecule has 0 saturated carbocycles. The molecule has 0 spiro atoms. The summed E-state index contributed by atoms with van der Waals surface area (Å²) in [5.74, 6) is -2.29. The van der Waals surface area contributed by atoms with Gasteiger partial charge in [0.2, 0.25) is 5.91 Å². The van der Waals surface area contributed by atoms with Gasteiger partial charge in [0.1, 0.15) is 0 Å². The number of aliphatic carboxylic acids is 1. The van der Waals surface area contributed by atoms with E-state index in [0.717, 1.165) is 12.8 Å². The number of nitrogens with zero attached hydrogens (tertiary/aromatic N) is 1. The molecule has 0 aliphatic carbocycles. The fourth-order valence-corrected chi connectivity index (χ4v) is 6.40. The van der Waals surface area contributed by atoms with Gasteiger partial charge < -0.3 is 24.2 Å². The third-order valence-corrected chi connectivity index (χ3v) is 8.74. The van der Waals surface area contributed by atoms with E-state index in [1.165, 1.54) is 7.11 Å². The Morgan fingerprint density at radius 2 is 1.89 bits per heavy atom. The Kier molecular flexibility index (Phi) is 9.86. The number of amides is 1. The molecule has 1 amide bonds. The second kappa shape index (κ2) is 12.6. The number of piperidine rings is 1. The maximum atomic E-state index is 13.5. The highest BCUT2D eigenvalue weighted by atomic mass is 31.2. The summed E-state index contributed by atoms with van der Waals surface area (Å²) in [6.45, 7) is 0.569. The molecule has 2 bridgehead atoms. The molecule has 5 atom stereocenters. The minimum absolute atomic E-state index is 0.0548. The first kappa shape index (κ1) is 27.3. The van der Waals surface area contributed by atoms with Crippen molar-refractivity contribution in [2.24, 2.45) is 5.92 Å². The van der Waals surface area contributed by atoms with Crippen molar-refractivity contribution in [3.8, 4) is 0 Å². The SMILES string of the molecule is CO[P@@](=O)(O[C@H]1CC2CCC([C@H]1C(=O)OCCCCNC(=O)CCC(=O)O)N2C)c1ccccc1. The lowest BCUT2D eigenvalue weighted by Crippen LogP contribution is -2.53. The fraction of sp³-hybridized carbons (Fsp3) is 0.625. The zero-order valence-corrected chi connectivity index (χ0v) is 21.2. The number of rotatable bonds is 13. The molecule has 2 aliphatic heterocycles. The zero-order valence-electron chi connectivity index (χ0n) is 20.3. The Morgan fingerprint density at radius 3 is 2.57 bits per heavy atom. The number of carboxylic acids is 1. The molecule has 194 valence electrons. The van der Waals surface area contributed by atoms with Crippen LogP contribution in [0.3, 0.4) is 0 Å². The smallest absolute Gasteiger partial charge is 0.361 e. The minimum Gasteiger partial charge on any atom is -0.481 e. The summed E-state index contributed by atoms with van der Waals surface area (Å²) in [4.78, 5) is 37.4. The average Bonchev–Trinajstić information content (AvgIpc) is 3.08. The molecule has 10 nitrogen and oxygen atoms in total. The van der Waals surface area contributed by atoms with Crippen LogP contribution >= 0.6 is 7.60 Å². The Labute approximate surface area is 205 Å². The molecule has 2 fully saturated rings. The van der Waals surface area contributed by atoms with Gasteiger partial charge in [-0.25, -0.2) is 0 Å². The van der Waals surface area contributed by atoms with Gasteiger partial charge in [-0.15, -0.1) is 0 Å². The van der Waals surface area contributed by atoms with Gasteiger partial charge in [0.05, 0.1) is 30.4 Å². The zero-order chi connectivity index (χ0) is 25.4. The first-order chi connectivity index (χ1) is 16.7. The maximum absolute atomic E-state index is 13.5. The van der Waals surface area contributed by atoms with E-state index in [0.29, 0.717) is 31.1 Å². The highest BCUT2D eigenvalue weighted by Crippen LogP contribution is 2.52. The van der Waals surface area contributed by atoms with Crippen LogP contribution in [-0.2, 0) is 32.7 Å². The van der Waals surface area contributed by atoms with E-state index >= 15 is 0 Å². The number of carbonyl (C=O) groups excluding carboxylic acids is 2. The highest BCUT2D eigenvalue weighted by Gasteiger charge is 2.52. The standard InChI is InChI=1S/C24H35N2O8P/c1-26-17-10-11-19(26)23(20(16-17)34-35(31,32-2)18-8-4-3-5-9-18)24(30)33-15-7-6-14-25-21(27)12-13-22(28)29/h3-5,8-9,17,19-20,23H,6-7,10-16H2,1-2H3,(H,25,27)(H,28,29)/t17?,19?,20-,23+,35+/m0/s1. The normalized spacial score (nSPS) is 25.5. The van der Waals surface area contributed by atoms with Crippen molar-refractivity contribution in [1.29, 1.82) is 0 Å². The third kappa shape index (κ3) is 7.13. The number of nitrogens with one attached hydrogen (secondary N) is 1. The number of ether oxygens (including phenoxy) is 1. The lowest BCUT2D eigenvalue weighted by Gasteiger charge is -2.42. The van der Waals surface area contributed by atoms with E-state index in [-0.39, 0.29) is 43.4 Å². The molecule has 1 aromatic carbocycles. The quantitative estimate of drug-likeness (QED) is 0.233. The first-order valence-electron chi connectivity index (χ1n) is 12.0. The van der Waals surface area contributed by atoms with Crippen LogP contribution in [0.2, 0.25) is 0 Å². The van der Waals surface area contributed by atoms with Gasteiger partial charge in [0, 0.05) is 32.2 Å². The summed E-state index contributed by atoms with van der Waals surface area (Å²) in [7, 11) is -0.257. The monoisotopic (exact) mass is 510 g/mol. The van der Waals surface area contributed by atoms with Gasteiger partial charge in [0.25, 0.3) is 0 Å². The number of carbonyl (C=O) groups is 3. The lowest BCUT2D eigenvalue weighted by atomic mass is 9.88. The van der Waals surface area contributed by atoms with Gasteiger partial charge in [-0.3, -0.25) is 23.8 Å². The van der Waals surface area contributed by atoms with Crippen LogP contribution in [0.5, 0.6) is 0 Å². The third-order valence-electron chi connectivity index (χ3n) is 6.78. The van der Waals surface area contributed by atoms with Crippen LogP contribution < -0.4 is 10.6 Å². The van der Waals surface area contributed by atoms with Crippen LogP contribution in [-0.4, -0.2) is 73.3 Å². The van der Waals surface area contributed by atoms with Gasteiger partial charge in [-0.2, -0.15) is 0 Å². The van der Waals surface area contributed by atoms with E-state index < -0.39 is 25.6 Å². The molecule has 3 rings (SSSR count). The largest absolute Gasteiger partial charge is 0.481 e. The van der Waals surface area contributed by atoms with Crippen molar-refractivity contribution in [2.75, 3.05) is 27.3 Å². The van der Waals surface area contributed by atoms with Crippen LogP contribution in [0, 0.1) is 5.92 Å². The van der Waals surface area contributed by atoms with E-state index in [2.05, 4.69) is 10.2 Å². The summed E-state index contributed by atoms with van der Waals surface area (Å²) >= 11 is 0. The molecule has 2 unspecified atom stereocenters. The highest BCUT2D eigenvalue weighted by molar-refractivity contribution is 7.62. The fourth-order valence-electron chi connectivity index (χ4n) is 4.87. The van der Waals surface area contributed by atoms with E-state index in [4.69, 9.17) is 18.9 Å². The van der Waals surface area contributed by atoms with E-state index in [9.17, 15) is 18.9 Å². The summed E-state index contributed by atoms with van der Waals surface area (Å²) in [6.07, 6.45) is 2.64. The van der Waals surface area contributed by atoms with Crippen LogP contribution in [0.4, 0.5) is 0 Å². The number of hydrogen-bond acceptors (Lipinski definition) is 8. The summed E-state index contributed by atoms with van der Waals surface area (Å²) in [5, 5.41) is 11.7. The van der Waals surface area contributed by atoms with Gasteiger partial charge in [0.15, 0.2) is 0 Å². The number of carboxylic acid groups (broad SMARTS) is 1. The van der Waals surface area contributed by atoms with Crippen molar-refractivity contribution >= 4 is 30.7 Å². The van der Waals surface area contributed by atoms with Crippen molar-refractivity contribution < 1.29 is 37.8 Å². The van der Waals surface area contributed by atoms with Gasteiger partial charge in [-0.05, 0) is 51.3 Å². The first-order valence-corrected chi connectivity index (χ1v) is 13.6. The predicted octanol–water partition coefficient (Wildman–Crippen LogP) is 2.32. The molecule has 0 aromatic heterocycles. The maximum Gasteiger partial charge on any atom is 0.361 e. The Balaban J connectivity index is 1.55. The van der Waals surface area contributed by atoms with Crippen molar-refractivity contribution in [2.45, 2.75) is 63.1 Å². The van der Waals surface area contributed by atoms with Crippen molar-refractivity contribution in [3.05, 3.63) is 30.3 Å². The van der Waals surface area contributed by atoms with Crippen LogP contribution in [0.15, 0.2) is 30.3 Å². The minimum atomic E-state index is -3.61. The molecule has 2 aliphatic rings. The van der Waals surface area contributed by atoms with Crippen LogP contribution in [0.25, 0.3) is 0 Å². The number of unbranched alkanes of at least 4 members (excludes halogenated alkanes) is 1. The number of fused-ring (bicyclic) bond motifs is 2. The average molecular weight is 511 g/mol. The van der Waals surface area contributed by atoms with E-state index in [1.54, 1.807) is 24.3 Å². The topological polar surface area (TPSA) is 131 Å². The van der Waals surface area contributed by atoms with Crippen molar-refractivity contribution in [1.82, 2.24) is 10.2 Å². The second-order valence-electron chi connectivity index (χ2n) is 9.00. The molecular formula is C24H35N2O8P. The summed E-state index contributed by atoms with van der Waals surface area (Å²) in [5.41, 5.74) is 0. The molecule has 11 heteroatoms. The van der Waals surface area contributed by atoms with E-state index in [1.807, 2.05) is 13.1 Å². The number of benzene rings is 1. The predicted molar refractivity (Wildman–Crippen MR) is 128 cm³/mol. The Hall–Kier alpha value is -2.26. The summed E-state index contributed by atoms with van der Waals surface area (Å²) < 4.78 is 30.6. The number of esters is 1. The molecule has 1 aromatic rings. The molecule has 0 radical (unpaired) electrons. The molecule has 35 heavy (non-hydrogen) atoms. The van der Waals surface area contributed by atoms with Crippen LogP contribution in [0.1, 0.15) is 44.9 Å². The molecular weight excluding hydrogens is 475 g/mol. The number of hydrogen-bond donors (Lipinski definition) is 2. The van der Waals surface area contributed by atoms with Gasteiger partial charge in [-0.1, -0.05) is 18.2 Å². The summed E-state index contributed by atoms with van der Waals surface area (Å²) in [6, 6.07) is 8.94. The molecule has 2 N–H and O–H groups in total.